The van der Waals surface area contributed by atoms with E-state index in [4.69, 9.17) is 9.26 Å². The van der Waals surface area contributed by atoms with Gasteiger partial charge in [-0.15, -0.1) is 0 Å². The van der Waals surface area contributed by atoms with E-state index < -0.39 is 0 Å². The molecule has 0 saturated carbocycles. The zero-order chi connectivity index (χ0) is 12.0. The first-order chi connectivity index (χ1) is 7.53. The molecule has 92 valence electrons. The number of methoxy groups -OCH3 is 1. The molecule has 0 radical (unpaired) electrons. The lowest BCUT2D eigenvalue weighted by molar-refractivity contribution is 0.0127. The summed E-state index contributed by atoms with van der Waals surface area (Å²) in [6.45, 7) is 6.52. The normalized spacial score (nSPS) is 14.0. The standard InChI is InChI=1S/C13H23NO2/c1-11(10-12-7-9-14-16-12)6-5-8-13(2,3)15-4/h7,9,11H,5-6,8,10H2,1-4H3. The van der Waals surface area contributed by atoms with Crippen LogP contribution in [0.5, 0.6) is 0 Å². The lowest BCUT2D eigenvalue weighted by atomic mass is 9.94. The number of aromatic nitrogens is 1. The maximum Gasteiger partial charge on any atom is 0.136 e. The SMILES string of the molecule is COC(C)(C)CCCC(C)Cc1ccno1. The predicted octanol–water partition coefficient (Wildman–Crippen LogP) is 3.45. The minimum absolute atomic E-state index is 0.00591. The van der Waals surface area contributed by atoms with Crippen molar-refractivity contribution in [3.8, 4) is 0 Å². The summed E-state index contributed by atoms with van der Waals surface area (Å²) in [5.74, 6) is 1.62. The third-order valence-corrected chi connectivity index (χ3v) is 3.07. The zero-order valence-corrected chi connectivity index (χ0v) is 10.8. The van der Waals surface area contributed by atoms with E-state index in [1.54, 1.807) is 13.3 Å². The van der Waals surface area contributed by atoms with Gasteiger partial charge in [0.15, 0.2) is 0 Å². The Bertz CT molecular complexity index is 280. The summed E-state index contributed by atoms with van der Waals surface area (Å²) in [5, 5.41) is 3.71. The van der Waals surface area contributed by atoms with Gasteiger partial charge in [0.05, 0.1) is 11.8 Å². The highest BCUT2D eigenvalue weighted by molar-refractivity contribution is 4.93. The van der Waals surface area contributed by atoms with Crippen LogP contribution >= 0.6 is 0 Å². The number of nitrogens with zero attached hydrogens (tertiary/aromatic N) is 1. The van der Waals surface area contributed by atoms with E-state index in [0.717, 1.165) is 18.6 Å². The van der Waals surface area contributed by atoms with E-state index in [-0.39, 0.29) is 5.60 Å². The lowest BCUT2D eigenvalue weighted by Crippen LogP contribution is -2.22. The third kappa shape index (κ3) is 4.79. The van der Waals surface area contributed by atoms with Crippen LogP contribution in [0.2, 0.25) is 0 Å². The number of ether oxygens (including phenoxy) is 1. The molecule has 0 saturated heterocycles. The molecular formula is C13H23NO2. The molecule has 0 aliphatic rings. The van der Waals surface area contributed by atoms with E-state index in [9.17, 15) is 0 Å². The summed E-state index contributed by atoms with van der Waals surface area (Å²) in [5.41, 5.74) is 0.00591. The first kappa shape index (κ1) is 13.2. The van der Waals surface area contributed by atoms with Gasteiger partial charge >= 0.3 is 0 Å². The van der Waals surface area contributed by atoms with Gasteiger partial charge in [0.1, 0.15) is 5.76 Å². The summed E-state index contributed by atoms with van der Waals surface area (Å²) in [6, 6.07) is 1.94. The minimum Gasteiger partial charge on any atom is -0.379 e. The van der Waals surface area contributed by atoms with Gasteiger partial charge in [-0.2, -0.15) is 0 Å². The molecule has 0 bridgehead atoms. The fourth-order valence-corrected chi connectivity index (χ4v) is 1.77. The Balaban J connectivity index is 2.18. The second-order valence-electron chi connectivity index (χ2n) is 5.14. The van der Waals surface area contributed by atoms with Crippen LogP contribution in [-0.4, -0.2) is 17.9 Å². The highest BCUT2D eigenvalue weighted by Gasteiger charge is 2.16. The van der Waals surface area contributed by atoms with Crippen molar-refractivity contribution < 1.29 is 9.26 Å². The summed E-state index contributed by atoms with van der Waals surface area (Å²) in [4.78, 5) is 0. The van der Waals surface area contributed by atoms with Crippen LogP contribution in [0.4, 0.5) is 0 Å². The predicted molar refractivity (Wildman–Crippen MR) is 64.3 cm³/mol. The van der Waals surface area contributed by atoms with Gasteiger partial charge < -0.3 is 9.26 Å². The first-order valence-electron chi connectivity index (χ1n) is 5.98. The first-order valence-corrected chi connectivity index (χ1v) is 5.98. The summed E-state index contributed by atoms with van der Waals surface area (Å²) >= 11 is 0. The molecule has 0 aliphatic carbocycles. The molecule has 1 aromatic heterocycles. The van der Waals surface area contributed by atoms with Gasteiger partial charge in [0, 0.05) is 19.6 Å². The molecule has 3 nitrogen and oxygen atoms in total. The van der Waals surface area contributed by atoms with Crippen LogP contribution in [0.25, 0.3) is 0 Å². The minimum atomic E-state index is 0.00591. The molecule has 1 unspecified atom stereocenters. The molecule has 0 N–H and O–H groups in total. The van der Waals surface area contributed by atoms with Gasteiger partial charge in [0.2, 0.25) is 0 Å². The number of hydrogen-bond donors (Lipinski definition) is 0. The molecule has 0 spiro atoms. The molecule has 0 aromatic carbocycles. The Hall–Kier alpha value is -0.830. The topological polar surface area (TPSA) is 35.3 Å². The molecule has 0 amide bonds. The fourth-order valence-electron chi connectivity index (χ4n) is 1.77. The second-order valence-corrected chi connectivity index (χ2v) is 5.14. The fraction of sp³-hybridized carbons (Fsp3) is 0.769. The maximum atomic E-state index is 5.40. The molecule has 16 heavy (non-hydrogen) atoms. The number of rotatable bonds is 7. The molecule has 1 atom stereocenters. The maximum absolute atomic E-state index is 5.40. The van der Waals surface area contributed by atoms with Gasteiger partial charge in [-0.05, 0) is 26.2 Å². The van der Waals surface area contributed by atoms with Crippen molar-refractivity contribution in [2.45, 2.75) is 52.1 Å². The van der Waals surface area contributed by atoms with E-state index >= 15 is 0 Å². The summed E-state index contributed by atoms with van der Waals surface area (Å²) < 4.78 is 10.5. The Labute approximate surface area is 98.2 Å². The van der Waals surface area contributed by atoms with Gasteiger partial charge in [-0.25, -0.2) is 0 Å². The molecule has 1 aromatic rings. The van der Waals surface area contributed by atoms with Crippen LogP contribution in [0, 0.1) is 5.92 Å². The van der Waals surface area contributed by atoms with Crippen LogP contribution in [0.15, 0.2) is 16.8 Å². The molecule has 1 heterocycles. The van der Waals surface area contributed by atoms with Crippen LogP contribution < -0.4 is 0 Å². The van der Waals surface area contributed by atoms with Crippen molar-refractivity contribution in [3.05, 3.63) is 18.0 Å². The Morgan fingerprint density at radius 3 is 2.81 bits per heavy atom. The smallest absolute Gasteiger partial charge is 0.136 e. The van der Waals surface area contributed by atoms with Crippen LogP contribution in [-0.2, 0) is 11.2 Å². The van der Waals surface area contributed by atoms with Crippen molar-refractivity contribution in [2.24, 2.45) is 5.92 Å². The van der Waals surface area contributed by atoms with Crippen molar-refractivity contribution in [1.29, 1.82) is 0 Å². The largest absolute Gasteiger partial charge is 0.379 e. The summed E-state index contributed by atoms with van der Waals surface area (Å²) in [6.07, 6.45) is 6.18. The molecule has 3 heteroatoms. The monoisotopic (exact) mass is 225 g/mol. The Kier molecular flexibility index (Phi) is 5.00. The average molecular weight is 225 g/mol. The van der Waals surface area contributed by atoms with E-state index in [2.05, 4.69) is 25.9 Å². The van der Waals surface area contributed by atoms with E-state index in [1.807, 2.05) is 6.07 Å². The van der Waals surface area contributed by atoms with Crippen molar-refractivity contribution in [2.75, 3.05) is 7.11 Å². The molecular weight excluding hydrogens is 202 g/mol. The average Bonchev–Trinajstić information content (AvgIpc) is 2.70. The van der Waals surface area contributed by atoms with Crippen molar-refractivity contribution in [1.82, 2.24) is 5.16 Å². The lowest BCUT2D eigenvalue weighted by Gasteiger charge is -2.23. The Morgan fingerprint density at radius 1 is 1.50 bits per heavy atom. The van der Waals surface area contributed by atoms with Crippen LogP contribution in [0.3, 0.4) is 0 Å². The molecule has 1 rings (SSSR count). The van der Waals surface area contributed by atoms with Crippen molar-refractivity contribution in [3.63, 3.8) is 0 Å². The molecule has 0 aliphatic heterocycles. The highest BCUT2D eigenvalue weighted by Crippen LogP contribution is 2.20. The van der Waals surface area contributed by atoms with Crippen LogP contribution in [0.1, 0.15) is 45.8 Å². The zero-order valence-electron chi connectivity index (χ0n) is 10.8. The van der Waals surface area contributed by atoms with E-state index in [0.29, 0.717) is 5.92 Å². The van der Waals surface area contributed by atoms with E-state index in [1.165, 1.54) is 12.8 Å². The third-order valence-electron chi connectivity index (χ3n) is 3.07. The Morgan fingerprint density at radius 2 is 2.25 bits per heavy atom. The van der Waals surface area contributed by atoms with Crippen molar-refractivity contribution >= 4 is 0 Å². The second kappa shape index (κ2) is 6.04. The number of hydrogen-bond acceptors (Lipinski definition) is 3. The molecule has 0 fully saturated rings. The van der Waals surface area contributed by atoms with Gasteiger partial charge in [0.25, 0.3) is 0 Å². The summed E-state index contributed by atoms with van der Waals surface area (Å²) in [7, 11) is 1.78. The highest BCUT2D eigenvalue weighted by atomic mass is 16.5. The van der Waals surface area contributed by atoms with Gasteiger partial charge in [-0.1, -0.05) is 24.9 Å². The quantitative estimate of drug-likeness (QED) is 0.713. The van der Waals surface area contributed by atoms with Gasteiger partial charge in [-0.3, -0.25) is 0 Å².